The lowest BCUT2D eigenvalue weighted by atomic mass is 10.2. The van der Waals surface area contributed by atoms with Gasteiger partial charge in [-0.2, -0.15) is 0 Å². The Labute approximate surface area is 74.9 Å². The third kappa shape index (κ3) is 6.31. The summed E-state index contributed by atoms with van der Waals surface area (Å²) < 4.78 is 5.22. The summed E-state index contributed by atoms with van der Waals surface area (Å²) in [6.07, 6.45) is 0.716. The zero-order valence-electron chi connectivity index (χ0n) is 6.55. The van der Waals surface area contributed by atoms with Crippen molar-refractivity contribution in [2.75, 3.05) is 11.9 Å². The third-order valence-electron chi connectivity index (χ3n) is 1.29. The molecule has 0 aromatic rings. The van der Waals surface area contributed by atoms with E-state index in [4.69, 9.17) is 9.84 Å². The Balaban J connectivity index is 3.49. The van der Waals surface area contributed by atoms with Crippen LogP contribution in [0.2, 0.25) is 0 Å². The van der Waals surface area contributed by atoms with E-state index < -0.39 is 5.97 Å². The second kappa shape index (κ2) is 6.61. The molecule has 66 valence electrons. The second-order valence-corrected chi connectivity index (χ2v) is 2.98. The Morgan fingerprint density at radius 3 is 2.73 bits per heavy atom. The van der Waals surface area contributed by atoms with Crippen LogP contribution in [0.25, 0.3) is 0 Å². The van der Waals surface area contributed by atoms with Crippen LogP contribution in [0.15, 0.2) is 0 Å². The van der Waals surface area contributed by atoms with Crippen molar-refractivity contribution in [1.29, 1.82) is 0 Å². The van der Waals surface area contributed by atoms with Gasteiger partial charge in [0.1, 0.15) is 0 Å². The van der Waals surface area contributed by atoms with E-state index in [0.29, 0.717) is 6.61 Å². The first-order chi connectivity index (χ1) is 5.20. The quantitative estimate of drug-likeness (QED) is 0.699. The number of carboxylic acids is 1. The number of halogens is 1. The van der Waals surface area contributed by atoms with Gasteiger partial charge in [-0.15, -0.1) is 0 Å². The molecule has 1 atom stereocenters. The van der Waals surface area contributed by atoms with Crippen molar-refractivity contribution in [3.8, 4) is 0 Å². The first-order valence-electron chi connectivity index (χ1n) is 3.60. The predicted molar refractivity (Wildman–Crippen MR) is 46.1 cm³/mol. The molecule has 0 radical (unpaired) electrons. The van der Waals surface area contributed by atoms with Crippen LogP contribution in [0.1, 0.15) is 19.8 Å². The van der Waals surface area contributed by atoms with Crippen LogP contribution in [0, 0.1) is 0 Å². The molecule has 0 heterocycles. The van der Waals surface area contributed by atoms with Crippen LogP contribution >= 0.6 is 15.9 Å². The molecule has 0 aliphatic rings. The fourth-order valence-electron chi connectivity index (χ4n) is 0.727. The maximum absolute atomic E-state index is 10.2. The third-order valence-corrected chi connectivity index (χ3v) is 1.61. The number of alkyl halides is 1. The molecule has 3 nitrogen and oxygen atoms in total. The smallest absolute Gasteiger partial charge is 0.305 e. The highest BCUT2D eigenvalue weighted by molar-refractivity contribution is 9.09. The van der Waals surface area contributed by atoms with Gasteiger partial charge in [0.15, 0.2) is 0 Å². The molecule has 11 heavy (non-hydrogen) atoms. The molecule has 1 N–H and O–H groups in total. The maximum atomic E-state index is 10.2. The zero-order chi connectivity index (χ0) is 8.69. The second-order valence-electron chi connectivity index (χ2n) is 2.19. The van der Waals surface area contributed by atoms with Crippen molar-refractivity contribution in [3.63, 3.8) is 0 Å². The molecule has 0 spiro atoms. The average molecular weight is 225 g/mol. The number of hydrogen-bond donors (Lipinski definition) is 1. The molecule has 0 amide bonds. The molecule has 0 rings (SSSR count). The molecule has 0 saturated carbocycles. The Hall–Kier alpha value is -0.0900. The van der Waals surface area contributed by atoms with Gasteiger partial charge in [-0.3, -0.25) is 4.79 Å². The van der Waals surface area contributed by atoms with Gasteiger partial charge in [0.05, 0.1) is 19.1 Å². The SMILES string of the molecule is CCC(CC(=O)O)OCCBr. The molecule has 1 unspecified atom stereocenters. The molecule has 0 bridgehead atoms. The minimum absolute atomic E-state index is 0.101. The molecule has 4 heteroatoms. The van der Waals surface area contributed by atoms with Crippen molar-refractivity contribution in [3.05, 3.63) is 0 Å². The van der Waals surface area contributed by atoms with Crippen LogP contribution in [0.3, 0.4) is 0 Å². The monoisotopic (exact) mass is 224 g/mol. The number of rotatable bonds is 6. The normalized spacial score (nSPS) is 12.9. The van der Waals surface area contributed by atoms with E-state index in [9.17, 15) is 4.79 Å². The predicted octanol–water partition coefficient (Wildman–Crippen LogP) is 1.65. The van der Waals surface area contributed by atoms with Gasteiger partial charge in [-0.05, 0) is 6.42 Å². The number of carbonyl (C=O) groups is 1. The Morgan fingerprint density at radius 2 is 2.36 bits per heavy atom. The van der Waals surface area contributed by atoms with Gasteiger partial charge in [-0.1, -0.05) is 22.9 Å². The summed E-state index contributed by atoms with van der Waals surface area (Å²) in [6, 6.07) is 0. The average Bonchev–Trinajstić information content (AvgIpc) is 1.97. The van der Waals surface area contributed by atoms with Gasteiger partial charge in [0, 0.05) is 5.33 Å². The lowest BCUT2D eigenvalue weighted by Crippen LogP contribution is -2.17. The number of ether oxygens (including phenoxy) is 1. The van der Waals surface area contributed by atoms with Crippen LogP contribution in [0.4, 0.5) is 0 Å². The Bertz CT molecular complexity index is 116. The Kier molecular flexibility index (Phi) is 6.56. The van der Waals surface area contributed by atoms with E-state index in [2.05, 4.69) is 15.9 Å². The molecule has 0 aliphatic heterocycles. The first kappa shape index (κ1) is 10.9. The maximum Gasteiger partial charge on any atom is 0.305 e. The summed E-state index contributed by atoms with van der Waals surface area (Å²) in [6.45, 7) is 2.49. The molecule has 0 aromatic heterocycles. The van der Waals surface area contributed by atoms with E-state index in [1.165, 1.54) is 0 Å². The molecule has 0 aromatic carbocycles. The minimum Gasteiger partial charge on any atom is -0.481 e. The zero-order valence-corrected chi connectivity index (χ0v) is 8.13. The van der Waals surface area contributed by atoms with Crippen molar-refractivity contribution >= 4 is 21.9 Å². The summed E-state index contributed by atoms with van der Waals surface area (Å²) in [7, 11) is 0. The van der Waals surface area contributed by atoms with Crippen molar-refractivity contribution in [2.45, 2.75) is 25.9 Å². The van der Waals surface area contributed by atoms with Crippen LogP contribution in [-0.2, 0) is 9.53 Å². The summed E-state index contributed by atoms with van der Waals surface area (Å²) in [5.41, 5.74) is 0. The van der Waals surface area contributed by atoms with Gasteiger partial charge in [0.25, 0.3) is 0 Å². The van der Waals surface area contributed by atoms with Crippen LogP contribution < -0.4 is 0 Å². The van der Waals surface area contributed by atoms with Gasteiger partial charge in [-0.25, -0.2) is 0 Å². The van der Waals surface area contributed by atoms with Crippen LogP contribution in [0.5, 0.6) is 0 Å². The fraction of sp³-hybridized carbons (Fsp3) is 0.857. The first-order valence-corrected chi connectivity index (χ1v) is 4.72. The van der Waals surface area contributed by atoms with Crippen molar-refractivity contribution in [2.24, 2.45) is 0 Å². The highest BCUT2D eigenvalue weighted by Gasteiger charge is 2.10. The lowest BCUT2D eigenvalue weighted by Gasteiger charge is -2.11. The highest BCUT2D eigenvalue weighted by atomic mass is 79.9. The molecular weight excluding hydrogens is 212 g/mol. The van der Waals surface area contributed by atoms with E-state index in [1.54, 1.807) is 0 Å². The van der Waals surface area contributed by atoms with E-state index in [1.807, 2.05) is 6.92 Å². The number of hydrogen-bond acceptors (Lipinski definition) is 2. The molecule has 0 saturated heterocycles. The van der Waals surface area contributed by atoms with Crippen molar-refractivity contribution < 1.29 is 14.6 Å². The highest BCUT2D eigenvalue weighted by Crippen LogP contribution is 2.03. The van der Waals surface area contributed by atoms with Gasteiger partial charge < -0.3 is 9.84 Å². The number of carboxylic acid groups (broad SMARTS) is 1. The fourth-order valence-corrected chi connectivity index (χ4v) is 0.914. The van der Waals surface area contributed by atoms with Gasteiger partial charge >= 0.3 is 5.97 Å². The summed E-state index contributed by atoms with van der Waals surface area (Å²) in [5, 5.41) is 9.18. The lowest BCUT2D eigenvalue weighted by molar-refractivity contribution is -0.140. The minimum atomic E-state index is -0.800. The van der Waals surface area contributed by atoms with E-state index >= 15 is 0 Å². The van der Waals surface area contributed by atoms with E-state index in [0.717, 1.165) is 11.8 Å². The number of aliphatic carboxylic acids is 1. The van der Waals surface area contributed by atoms with Gasteiger partial charge in [0.2, 0.25) is 0 Å². The van der Waals surface area contributed by atoms with Crippen molar-refractivity contribution in [1.82, 2.24) is 0 Å². The summed E-state index contributed by atoms with van der Waals surface area (Å²) >= 11 is 3.20. The molecular formula is C7H13BrO3. The summed E-state index contributed by atoms with van der Waals surface area (Å²) in [4.78, 5) is 10.2. The van der Waals surface area contributed by atoms with E-state index in [-0.39, 0.29) is 12.5 Å². The Morgan fingerprint density at radius 1 is 1.73 bits per heavy atom. The summed E-state index contributed by atoms with van der Waals surface area (Å²) in [5.74, 6) is -0.800. The van der Waals surface area contributed by atoms with Crippen LogP contribution in [-0.4, -0.2) is 29.1 Å². The molecule has 0 fully saturated rings. The largest absolute Gasteiger partial charge is 0.481 e. The topological polar surface area (TPSA) is 46.5 Å². The standard InChI is InChI=1S/C7H13BrO3/c1-2-6(5-7(9)10)11-4-3-8/h6H,2-5H2,1H3,(H,9,10). The molecule has 0 aliphatic carbocycles.